The van der Waals surface area contributed by atoms with Gasteiger partial charge in [-0.2, -0.15) is 0 Å². The zero-order chi connectivity index (χ0) is 13.6. The maximum absolute atomic E-state index is 6.21. The SMILES string of the molecule is Cc1cc(-c2nc(Cl)c(Br)c(C3CC3)n2)cc(C)n1. The third kappa shape index (κ3) is 2.65. The van der Waals surface area contributed by atoms with Gasteiger partial charge in [-0.15, -0.1) is 0 Å². The number of pyridine rings is 1. The molecule has 0 bridgehead atoms. The van der Waals surface area contributed by atoms with Gasteiger partial charge in [0.15, 0.2) is 5.82 Å². The minimum absolute atomic E-state index is 0.485. The van der Waals surface area contributed by atoms with Gasteiger partial charge < -0.3 is 0 Å². The summed E-state index contributed by atoms with van der Waals surface area (Å²) in [5.41, 5.74) is 3.93. The third-order valence-electron chi connectivity index (χ3n) is 3.14. The molecule has 0 aromatic carbocycles. The molecular weight excluding hydrogens is 326 g/mol. The van der Waals surface area contributed by atoms with Gasteiger partial charge in [0.25, 0.3) is 0 Å². The summed E-state index contributed by atoms with van der Waals surface area (Å²) in [5.74, 6) is 1.21. The summed E-state index contributed by atoms with van der Waals surface area (Å²) < 4.78 is 0.836. The Labute approximate surface area is 125 Å². The molecule has 98 valence electrons. The van der Waals surface area contributed by atoms with E-state index in [-0.39, 0.29) is 0 Å². The lowest BCUT2D eigenvalue weighted by Gasteiger charge is -2.08. The molecule has 0 saturated heterocycles. The Balaban J connectivity index is 2.14. The minimum atomic E-state index is 0.485. The van der Waals surface area contributed by atoms with Crippen molar-refractivity contribution in [3.05, 3.63) is 38.8 Å². The van der Waals surface area contributed by atoms with E-state index in [1.807, 2.05) is 26.0 Å². The van der Waals surface area contributed by atoms with Crippen molar-refractivity contribution in [2.75, 3.05) is 0 Å². The summed E-state index contributed by atoms with van der Waals surface area (Å²) in [6, 6.07) is 3.98. The average Bonchev–Trinajstić information content (AvgIpc) is 3.15. The highest BCUT2D eigenvalue weighted by atomic mass is 79.9. The summed E-state index contributed by atoms with van der Waals surface area (Å²) in [7, 11) is 0. The van der Waals surface area contributed by atoms with Crippen LogP contribution in [0.15, 0.2) is 16.6 Å². The van der Waals surface area contributed by atoms with Gasteiger partial charge >= 0.3 is 0 Å². The molecule has 0 unspecified atom stereocenters. The van der Waals surface area contributed by atoms with Crippen molar-refractivity contribution in [3.63, 3.8) is 0 Å². The quantitative estimate of drug-likeness (QED) is 0.759. The van der Waals surface area contributed by atoms with E-state index < -0.39 is 0 Å². The van der Waals surface area contributed by atoms with Crippen LogP contribution in [0.1, 0.15) is 35.8 Å². The van der Waals surface area contributed by atoms with Crippen LogP contribution in [0.25, 0.3) is 11.4 Å². The molecule has 0 spiro atoms. The molecule has 0 radical (unpaired) electrons. The van der Waals surface area contributed by atoms with Crippen molar-refractivity contribution in [1.82, 2.24) is 15.0 Å². The van der Waals surface area contributed by atoms with Crippen LogP contribution in [0.2, 0.25) is 5.15 Å². The van der Waals surface area contributed by atoms with E-state index in [1.54, 1.807) is 0 Å². The maximum Gasteiger partial charge on any atom is 0.161 e. The molecule has 2 aromatic rings. The molecule has 0 amide bonds. The third-order valence-corrected chi connectivity index (χ3v) is 4.42. The van der Waals surface area contributed by atoms with E-state index in [0.717, 1.165) is 27.1 Å². The standard InChI is InChI=1S/C14H13BrClN3/c1-7-5-10(6-8(2)17-7)14-18-12(9-3-4-9)11(15)13(16)19-14/h5-6,9H,3-4H2,1-2H3. The number of nitrogens with zero attached hydrogens (tertiary/aromatic N) is 3. The molecule has 1 saturated carbocycles. The van der Waals surface area contributed by atoms with Crippen molar-refractivity contribution in [3.8, 4) is 11.4 Å². The van der Waals surface area contributed by atoms with Crippen molar-refractivity contribution < 1.29 is 0 Å². The average molecular weight is 339 g/mol. The van der Waals surface area contributed by atoms with Crippen LogP contribution in [0.3, 0.4) is 0 Å². The van der Waals surface area contributed by atoms with E-state index >= 15 is 0 Å². The summed E-state index contributed by atoms with van der Waals surface area (Å²) in [6.45, 7) is 3.94. The molecule has 0 N–H and O–H groups in total. The van der Waals surface area contributed by atoms with Crippen molar-refractivity contribution in [2.24, 2.45) is 0 Å². The fraction of sp³-hybridized carbons (Fsp3) is 0.357. The number of aromatic nitrogens is 3. The molecular formula is C14H13BrClN3. The van der Waals surface area contributed by atoms with Gasteiger partial charge in [0.05, 0.1) is 10.2 Å². The smallest absolute Gasteiger partial charge is 0.161 e. The lowest BCUT2D eigenvalue weighted by Crippen LogP contribution is -1.98. The van der Waals surface area contributed by atoms with Gasteiger partial charge in [0, 0.05) is 22.9 Å². The first kappa shape index (κ1) is 13.0. The van der Waals surface area contributed by atoms with Gasteiger partial charge in [-0.3, -0.25) is 4.98 Å². The summed E-state index contributed by atoms with van der Waals surface area (Å²) in [4.78, 5) is 13.4. The largest absolute Gasteiger partial charge is 0.258 e. The maximum atomic E-state index is 6.21. The van der Waals surface area contributed by atoms with Crippen molar-refractivity contribution >= 4 is 27.5 Å². The number of hydrogen-bond donors (Lipinski definition) is 0. The molecule has 2 aromatic heterocycles. The molecule has 1 fully saturated rings. The molecule has 0 atom stereocenters. The summed E-state index contributed by atoms with van der Waals surface area (Å²) in [6.07, 6.45) is 2.36. The number of halogens is 2. The Bertz CT molecular complexity index is 633. The van der Waals surface area contributed by atoms with Crippen LogP contribution in [0.5, 0.6) is 0 Å². The van der Waals surface area contributed by atoms with Gasteiger partial charge in [0.1, 0.15) is 5.15 Å². The van der Waals surface area contributed by atoms with Crippen LogP contribution in [-0.4, -0.2) is 15.0 Å². The first-order valence-electron chi connectivity index (χ1n) is 6.23. The predicted octanol–water partition coefficient (Wildman–Crippen LogP) is 4.45. The predicted molar refractivity (Wildman–Crippen MR) is 79.4 cm³/mol. The topological polar surface area (TPSA) is 38.7 Å². The Morgan fingerprint density at radius 1 is 1.11 bits per heavy atom. The molecule has 0 aliphatic heterocycles. The van der Waals surface area contributed by atoms with Crippen LogP contribution >= 0.6 is 27.5 Å². The molecule has 5 heteroatoms. The molecule has 3 rings (SSSR count). The second-order valence-electron chi connectivity index (χ2n) is 4.95. The highest BCUT2D eigenvalue weighted by molar-refractivity contribution is 9.10. The Kier molecular flexibility index (Phi) is 3.31. The zero-order valence-electron chi connectivity index (χ0n) is 10.7. The second-order valence-corrected chi connectivity index (χ2v) is 6.10. The Morgan fingerprint density at radius 2 is 1.74 bits per heavy atom. The lowest BCUT2D eigenvalue weighted by molar-refractivity contribution is 0.977. The van der Waals surface area contributed by atoms with Gasteiger partial charge in [-0.25, -0.2) is 9.97 Å². The van der Waals surface area contributed by atoms with Crippen molar-refractivity contribution in [1.29, 1.82) is 0 Å². The second kappa shape index (κ2) is 4.84. The molecule has 19 heavy (non-hydrogen) atoms. The Hall–Kier alpha value is -1.00. The van der Waals surface area contributed by atoms with E-state index in [0.29, 0.717) is 16.9 Å². The normalized spacial score (nSPS) is 14.7. The van der Waals surface area contributed by atoms with Crippen LogP contribution in [-0.2, 0) is 0 Å². The van der Waals surface area contributed by atoms with E-state index in [1.165, 1.54) is 12.8 Å². The molecule has 2 heterocycles. The summed E-state index contributed by atoms with van der Waals surface area (Å²) in [5, 5.41) is 0.485. The number of aryl methyl sites for hydroxylation is 2. The van der Waals surface area contributed by atoms with Gasteiger partial charge in [0.2, 0.25) is 0 Å². The lowest BCUT2D eigenvalue weighted by atomic mass is 10.1. The van der Waals surface area contributed by atoms with Crippen LogP contribution < -0.4 is 0 Å². The van der Waals surface area contributed by atoms with Gasteiger partial charge in [-0.1, -0.05) is 11.6 Å². The minimum Gasteiger partial charge on any atom is -0.258 e. The first-order chi connectivity index (χ1) is 9.04. The number of rotatable bonds is 2. The fourth-order valence-electron chi connectivity index (χ4n) is 2.16. The molecule has 1 aliphatic rings. The van der Waals surface area contributed by atoms with Gasteiger partial charge in [-0.05, 0) is 54.8 Å². The van der Waals surface area contributed by atoms with Crippen LogP contribution in [0, 0.1) is 13.8 Å². The van der Waals surface area contributed by atoms with E-state index in [4.69, 9.17) is 11.6 Å². The monoisotopic (exact) mass is 337 g/mol. The first-order valence-corrected chi connectivity index (χ1v) is 7.40. The Morgan fingerprint density at radius 3 is 2.32 bits per heavy atom. The van der Waals surface area contributed by atoms with Crippen LogP contribution in [0.4, 0.5) is 0 Å². The zero-order valence-corrected chi connectivity index (χ0v) is 13.1. The summed E-state index contributed by atoms with van der Waals surface area (Å²) >= 11 is 9.69. The van der Waals surface area contributed by atoms with Crippen molar-refractivity contribution in [2.45, 2.75) is 32.6 Å². The molecule has 1 aliphatic carbocycles. The molecule has 3 nitrogen and oxygen atoms in total. The van der Waals surface area contributed by atoms with E-state index in [9.17, 15) is 0 Å². The highest BCUT2D eigenvalue weighted by Gasteiger charge is 2.29. The number of hydrogen-bond acceptors (Lipinski definition) is 3. The van der Waals surface area contributed by atoms with E-state index in [2.05, 4.69) is 30.9 Å². The highest BCUT2D eigenvalue weighted by Crippen LogP contribution is 2.44. The fourth-order valence-corrected chi connectivity index (χ4v) is 2.83.